The van der Waals surface area contributed by atoms with Crippen LogP contribution < -0.4 is 0 Å². The monoisotopic (exact) mass is 196 g/mol. The SMILES string of the molecule is O.O=[N+]([O-])O.O=[N+]([O-])O.[Cr]. The van der Waals surface area contributed by atoms with Gasteiger partial charge in [-0.05, 0) is 0 Å². The van der Waals surface area contributed by atoms with Crippen molar-refractivity contribution >= 4 is 0 Å². The zero-order chi connectivity index (χ0) is 7.15. The zero-order valence-corrected chi connectivity index (χ0v) is 5.61. The molecule has 0 bridgehead atoms. The number of hydrogen-bond donors (Lipinski definition) is 2. The Labute approximate surface area is 64.5 Å². The topological polar surface area (TPSA) is 158 Å². The van der Waals surface area contributed by atoms with Gasteiger partial charge in [0.15, 0.2) is 0 Å². The second-order valence-corrected chi connectivity index (χ2v) is 0.476. The maximum atomic E-state index is 8.36. The summed E-state index contributed by atoms with van der Waals surface area (Å²) in [5.74, 6) is 0. The summed E-state index contributed by atoms with van der Waals surface area (Å²) in [5.41, 5.74) is 0. The average Bonchev–Trinajstić information content (AvgIpc) is 1.25. The Bertz CT molecular complexity index is 69.6. The van der Waals surface area contributed by atoms with Gasteiger partial charge in [0.2, 0.25) is 0 Å². The standard InChI is InChI=1S/Cr.2HNO3.H2O/c;2*2-1(3)4;/h;2*(H,2,3,4);1H2. The summed E-state index contributed by atoms with van der Waals surface area (Å²) in [7, 11) is 0. The molecule has 0 heterocycles. The van der Waals surface area contributed by atoms with Crippen molar-refractivity contribution in [1.29, 1.82) is 0 Å². The van der Waals surface area contributed by atoms with Gasteiger partial charge in [0.05, 0.1) is 0 Å². The molecule has 0 aromatic rings. The fourth-order valence-corrected chi connectivity index (χ4v) is 0. The molecule has 0 amide bonds. The summed E-state index contributed by atoms with van der Waals surface area (Å²) in [6, 6.07) is 0. The first kappa shape index (κ1) is 23.1. The third-order valence-electron chi connectivity index (χ3n) is 0. The first-order chi connectivity index (χ1) is 3.46. The molecule has 0 unspecified atom stereocenters. The van der Waals surface area contributed by atoms with Crippen LogP contribution in [-0.4, -0.2) is 26.1 Å². The summed E-state index contributed by atoms with van der Waals surface area (Å²) in [6.45, 7) is 0. The van der Waals surface area contributed by atoms with Gasteiger partial charge in [-0.3, -0.25) is 0 Å². The smallest absolute Gasteiger partial charge is 0.291 e. The summed E-state index contributed by atoms with van der Waals surface area (Å²) in [6.07, 6.45) is 0. The van der Waals surface area contributed by atoms with E-state index in [1.807, 2.05) is 0 Å². The summed E-state index contributed by atoms with van der Waals surface area (Å²) in [5, 5.41) is 27.3. The molecule has 9 nitrogen and oxygen atoms in total. The van der Waals surface area contributed by atoms with Crippen LogP contribution in [0.15, 0.2) is 0 Å². The first-order valence-electron chi connectivity index (χ1n) is 1.13. The van der Waals surface area contributed by atoms with Crippen LogP contribution in [0.4, 0.5) is 0 Å². The second kappa shape index (κ2) is 15.7. The minimum atomic E-state index is -1.50. The van der Waals surface area contributed by atoms with E-state index in [1.165, 1.54) is 0 Å². The molecule has 0 saturated carbocycles. The molecule has 10 heavy (non-hydrogen) atoms. The van der Waals surface area contributed by atoms with E-state index in [-0.39, 0.29) is 22.8 Å². The van der Waals surface area contributed by atoms with Crippen molar-refractivity contribution in [3.05, 3.63) is 20.2 Å². The Balaban J connectivity index is -0.0000000300. The fraction of sp³-hybridized carbons (Fsp3) is 0. The molecule has 0 aliphatic rings. The molecule has 10 heteroatoms. The van der Waals surface area contributed by atoms with E-state index in [4.69, 9.17) is 30.6 Å². The largest absolute Gasteiger partial charge is 0.412 e. The van der Waals surface area contributed by atoms with Crippen LogP contribution in [0.5, 0.6) is 0 Å². The van der Waals surface area contributed by atoms with Crippen LogP contribution in [0.3, 0.4) is 0 Å². The van der Waals surface area contributed by atoms with E-state index in [1.54, 1.807) is 0 Å². The molecule has 0 rings (SSSR count). The van der Waals surface area contributed by atoms with Crippen molar-refractivity contribution in [3.63, 3.8) is 0 Å². The number of rotatable bonds is 0. The average molecular weight is 196 g/mol. The Kier molecular flexibility index (Phi) is 36.2. The van der Waals surface area contributed by atoms with Gasteiger partial charge in [0, 0.05) is 17.4 Å². The molecular weight excluding hydrogens is 192 g/mol. The minimum Gasteiger partial charge on any atom is -0.412 e. The van der Waals surface area contributed by atoms with Crippen LogP contribution in [0, 0.1) is 20.2 Å². The van der Waals surface area contributed by atoms with Crippen molar-refractivity contribution in [1.82, 2.24) is 0 Å². The Morgan fingerprint density at radius 3 is 1.00 bits per heavy atom. The van der Waals surface area contributed by atoms with E-state index >= 15 is 0 Å². The fourth-order valence-electron chi connectivity index (χ4n) is 0. The molecule has 0 atom stereocenters. The molecule has 0 aromatic heterocycles. The molecule has 0 fully saturated rings. The quantitative estimate of drug-likeness (QED) is 0.353. The van der Waals surface area contributed by atoms with Crippen LogP contribution in [-0.2, 0) is 17.4 Å². The van der Waals surface area contributed by atoms with E-state index in [0.717, 1.165) is 0 Å². The number of hydrogen-bond acceptors (Lipinski definition) is 4. The predicted molar refractivity (Wildman–Crippen MR) is 21.2 cm³/mol. The van der Waals surface area contributed by atoms with Crippen LogP contribution >= 0.6 is 0 Å². The summed E-state index contributed by atoms with van der Waals surface area (Å²) < 4.78 is 0. The third kappa shape index (κ3) is 195. The van der Waals surface area contributed by atoms with Gasteiger partial charge in [-0.1, -0.05) is 0 Å². The maximum Gasteiger partial charge on any atom is 0.291 e. The maximum absolute atomic E-state index is 8.36. The molecule has 4 N–H and O–H groups in total. The Morgan fingerprint density at radius 2 is 1.00 bits per heavy atom. The van der Waals surface area contributed by atoms with Crippen LogP contribution in [0.25, 0.3) is 0 Å². The molecule has 0 radical (unpaired) electrons. The van der Waals surface area contributed by atoms with E-state index in [2.05, 4.69) is 0 Å². The zero-order valence-electron chi connectivity index (χ0n) is 4.33. The minimum absolute atomic E-state index is 0. The predicted octanol–water partition coefficient (Wildman–Crippen LogP) is -1.52. The van der Waals surface area contributed by atoms with E-state index in [0.29, 0.717) is 0 Å². The van der Waals surface area contributed by atoms with Gasteiger partial charge in [-0.25, -0.2) is 0 Å². The molecule has 0 spiro atoms. The Hall–Kier alpha value is -1.11. The van der Waals surface area contributed by atoms with Gasteiger partial charge < -0.3 is 15.9 Å². The van der Waals surface area contributed by atoms with Gasteiger partial charge in [0.25, 0.3) is 10.2 Å². The normalized spacial score (nSPS) is 4.80. The van der Waals surface area contributed by atoms with Crippen molar-refractivity contribution in [2.24, 2.45) is 0 Å². The van der Waals surface area contributed by atoms with Gasteiger partial charge in [-0.2, -0.15) is 0 Å². The summed E-state index contributed by atoms with van der Waals surface area (Å²) >= 11 is 0. The second-order valence-electron chi connectivity index (χ2n) is 0.476. The van der Waals surface area contributed by atoms with Gasteiger partial charge in [0.1, 0.15) is 0 Å². The first-order valence-corrected chi connectivity index (χ1v) is 1.13. The third-order valence-corrected chi connectivity index (χ3v) is 0. The summed E-state index contributed by atoms with van der Waals surface area (Å²) in [4.78, 5) is 16.7. The molecule has 0 aliphatic heterocycles. The van der Waals surface area contributed by atoms with Crippen LogP contribution in [0.1, 0.15) is 0 Å². The van der Waals surface area contributed by atoms with E-state index in [9.17, 15) is 0 Å². The van der Waals surface area contributed by atoms with Crippen molar-refractivity contribution in [2.45, 2.75) is 0 Å². The molecule has 0 aliphatic carbocycles. The Morgan fingerprint density at radius 1 is 1.00 bits per heavy atom. The molecule has 0 aromatic carbocycles. The number of nitrogens with zero attached hydrogens (tertiary/aromatic N) is 2. The molecular formula is H4CrN2O7. The van der Waals surface area contributed by atoms with E-state index < -0.39 is 10.2 Å². The van der Waals surface area contributed by atoms with Gasteiger partial charge in [-0.15, -0.1) is 20.2 Å². The van der Waals surface area contributed by atoms with Crippen LogP contribution in [0.2, 0.25) is 0 Å². The van der Waals surface area contributed by atoms with Crippen molar-refractivity contribution < 1.29 is 43.4 Å². The van der Waals surface area contributed by atoms with Crippen molar-refractivity contribution in [2.75, 3.05) is 0 Å². The molecule has 62 valence electrons. The molecule has 0 saturated heterocycles. The van der Waals surface area contributed by atoms with Gasteiger partial charge >= 0.3 is 0 Å². The van der Waals surface area contributed by atoms with Crippen molar-refractivity contribution in [3.8, 4) is 0 Å².